The number of hydrogen-bond acceptors (Lipinski definition) is 3. The number of rotatable bonds is 2. The van der Waals surface area contributed by atoms with E-state index in [1.165, 1.54) is 0 Å². The van der Waals surface area contributed by atoms with E-state index in [-0.39, 0.29) is 18.3 Å². The van der Waals surface area contributed by atoms with Crippen molar-refractivity contribution in [2.45, 2.75) is 52.1 Å². The van der Waals surface area contributed by atoms with E-state index in [9.17, 15) is 0 Å². The molecule has 0 spiro atoms. The Kier molecular flexibility index (Phi) is 3.00. The van der Waals surface area contributed by atoms with Crippen molar-refractivity contribution in [2.24, 2.45) is 0 Å². The first kappa shape index (κ1) is 13.7. The topological polar surface area (TPSA) is 31.6 Å². The molecule has 0 N–H and O–H groups in total. The van der Waals surface area contributed by atoms with E-state index in [1.807, 2.05) is 6.26 Å². The normalized spacial score (nSPS) is 20.8. The highest BCUT2D eigenvalue weighted by Crippen LogP contribution is 2.38. The summed E-state index contributed by atoms with van der Waals surface area (Å²) in [5.41, 5.74) is 2.68. The molecule has 1 aromatic heterocycles. The minimum absolute atomic E-state index is 0.221. The van der Waals surface area contributed by atoms with Crippen molar-refractivity contribution in [2.75, 3.05) is 0 Å². The molecule has 3 rings (SSSR count). The van der Waals surface area contributed by atoms with Crippen LogP contribution in [0.4, 0.5) is 0 Å². The van der Waals surface area contributed by atoms with Crippen molar-refractivity contribution in [3.8, 4) is 0 Å². The molecule has 20 heavy (non-hydrogen) atoms. The fourth-order valence-electron chi connectivity index (χ4n) is 2.64. The monoisotopic (exact) mass is 272 g/mol. The molecule has 2 heterocycles. The molecular formula is C16H21BO3. The lowest BCUT2D eigenvalue weighted by atomic mass is 9.80. The smallest absolute Gasteiger partial charge is 0.462 e. The third-order valence-corrected chi connectivity index (χ3v) is 4.57. The molecule has 0 aliphatic carbocycles. The molecule has 0 saturated carbocycles. The van der Waals surface area contributed by atoms with Gasteiger partial charge in [0.05, 0.1) is 17.5 Å². The second-order valence-corrected chi connectivity index (χ2v) is 6.60. The Balaban J connectivity index is 1.87. The maximum absolute atomic E-state index is 6.05. The Morgan fingerprint density at radius 2 is 1.70 bits per heavy atom. The lowest BCUT2D eigenvalue weighted by Crippen LogP contribution is -2.41. The highest BCUT2D eigenvalue weighted by Gasteiger charge is 2.50. The highest BCUT2D eigenvalue weighted by atomic mass is 16.7. The van der Waals surface area contributed by atoms with Gasteiger partial charge in [-0.1, -0.05) is 18.2 Å². The van der Waals surface area contributed by atoms with E-state index in [0.29, 0.717) is 6.32 Å². The predicted octanol–water partition coefficient (Wildman–Crippen LogP) is 3.92. The van der Waals surface area contributed by atoms with Gasteiger partial charge in [0, 0.05) is 11.7 Å². The van der Waals surface area contributed by atoms with Crippen molar-refractivity contribution in [1.29, 1.82) is 0 Å². The van der Waals surface area contributed by atoms with Crippen LogP contribution in [-0.4, -0.2) is 18.3 Å². The van der Waals surface area contributed by atoms with Crippen LogP contribution in [0.2, 0.25) is 0 Å². The number of benzene rings is 1. The molecule has 4 heteroatoms. The Bertz CT molecular complexity index is 626. The van der Waals surface area contributed by atoms with Gasteiger partial charge in [-0.25, -0.2) is 0 Å². The van der Waals surface area contributed by atoms with E-state index >= 15 is 0 Å². The lowest BCUT2D eigenvalue weighted by Gasteiger charge is -2.32. The molecule has 0 radical (unpaired) electrons. The van der Waals surface area contributed by atoms with Crippen LogP contribution in [0, 0.1) is 6.92 Å². The first-order valence-corrected chi connectivity index (χ1v) is 7.11. The van der Waals surface area contributed by atoms with Crippen LogP contribution >= 0.6 is 0 Å². The van der Waals surface area contributed by atoms with Gasteiger partial charge in [0.2, 0.25) is 0 Å². The molecule has 0 amide bonds. The van der Waals surface area contributed by atoms with Crippen molar-refractivity contribution in [1.82, 2.24) is 0 Å². The van der Waals surface area contributed by atoms with Gasteiger partial charge in [0.1, 0.15) is 5.58 Å². The maximum atomic E-state index is 6.05. The van der Waals surface area contributed by atoms with E-state index < -0.39 is 0 Å². The van der Waals surface area contributed by atoms with Gasteiger partial charge in [-0.2, -0.15) is 0 Å². The number of hydrogen-bond donors (Lipinski definition) is 0. The Morgan fingerprint density at radius 3 is 2.35 bits per heavy atom. The first-order chi connectivity index (χ1) is 9.30. The minimum atomic E-state index is -0.285. The summed E-state index contributed by atoms with van der Waals surface area (Å²) in [6.07, 6.45) is 2.53. The van der Waals surface area contributed by atoms with Gasteiger partial charge in [-0.3, -0.25) is 0 Å². The SMILES string of the molecule is Cc1cccc2c(CB3OC(C)(C)C(C)(C)O3)coc12. The summed E-state index contributed by atoms with van der Waals surface area (Å²) in [6.45, 7) is 10.4. The van der Waals surface area contributed by atoms with Crippen molar-refractivity contribution >= 4 is 18.1 Å². The summed E-state index contributed by atoms with van der Waals surface area (Å²) >= 11 is 0. The van der Waals surface area contributed by atoms with Gasteiger partial charge >= 0.3 is 7.12 Å². The van der Waals surface area contributed by atoms with Crippen LogP contribution in [0.15, 0.2) is 28.9 Å². The van der Waals surface area contributed by atoms with Crippen LogP contribution in [0.25, 0.3) is 11.0 Å². The first-order valence-electron chi connectivity index (χ1n) is 7.11. The average molecular weight is 272 g/mol. The van der Waals surface area contributed by atoms with Gasteiger partial charge in [0.15, 0.2) is 0 Å². The van der Waals surface area contributed by atoms with Crippen molar-refractivity contribution < 1.29 is 13.7 Å². The number of aryl methyl sites for hydroxylation is 1. The lowest BCUT2D eigenvalue weighted by molar-refractivity contribution is 0.00578. The van der Waals surface area contributed by atoms with Crippen LogP contribution in [0.5, 0.6) is 0 Å². The zero-order valence-electron chi connectivity index (χ0n) is 12.8. The molecule has 0 atom stereocenters. The molecule has 1 fully saturated rings. The standard InChI is InChI=1S/C16H21BO3/c1-11-7-6-8-13-12(10-18-14(11)13)9-17-19-15(2,3)16(4,5)20-17/h6-8,10H,9H2,1-5H3. The zero-order valence-corrected chi connectivity index (χ0v) is 12.8. The molecule has 1 aromatic carbocycles. The fraction of sp³-hybridized carbons (Fsp3) is 0.500. The molecule has 0 unspecified atom stereocenters. The van der Waals surface area contributed by atoms with Crippen LogP contribution in [0.1, 0.15) is 38.8 Å². The second kappa shape index (κ2) is 4.37. The van der Waals surface area contributed by atoms with Gasteiger partial charge in [0.25, 0.3) is 0 Å². The minimum Gasteiger partial charge on any atom is -0.464 e. The highest BCUT2D eigenvalue weighted by molar-refractivity contribution is 6.45. The third-order valence-electron chi connectivity index (χ3n) is 4.57. The average Bonchev–Trinajstić information content (AvgIpc) is 2.80. The van der Waals surface area contributed by atoms with Gasteiger partial charge in [-0.15, -0.1) is 0 Å². The summed E-state index contributed by atoms with van der Waals surface area (Å²) in [4.78, 5) is 0. The Labute approximate surface area is 120 Å². The molecule has 3 nitrogen and oxygen atoms in total. The summed E-state index contributed by atoms with van der Waals surface area (Å²) in [5.74, 6) is 0. The summed E-state index contributed by atoms with van der Waals surface area (Å²) in [7, 11) is -0.221. The van der Waals surface area contributed by atoms with Crippen LogP contribution in [-0.2, 0) is 15.6 Å². The molecule has 2 aromatic rings. The molecule has 106 valence electrons. The summed E-state index contributed by atoms with van der Waals surface area (Å²) in [5, 5.41) is 1.15. The quantitative estimate of drug-likeness (QED) is 0.776. The number of furan rings is 1. The number of fused-ring (bicyclic) bond motifs is 1. The number of para-hydroxylation sites is 1. The molecule has 1 saturated heterocycles. The zero-order chi connectivity index (χ0) is 14.5. The molecule has 0 bridgehead atoms. The van der Waals surface area contributed by atoms with E-state index in [2.05, 4.69) is 52.8 Å². The van der Waals surface area contributed by atoms with E-state index in [0.717, 1.165) is 22.1 Å². The summed E-state index contributed by atoms with van der Waals surface area (Å²) in [6, 6.07) is 6.21. The molecule has 1 aliphatic rings. The Hall–Kier alpha value is -1.26. The largest absolute Gasteiger partial charge is 0.464 e. The Morgan fingerprint density at radius 1 is 1.05 bits per heavy atom. The summed E-state index contributed by atoms with van der Waals surface area (Å²) < 4.78 is 17.8. The van der Waals surface area contributed by atoms with Gasteiger partial charge < -0.3 is 13.7 Å². The van der Waals surface area contributed by atoms with Crippen LogP contribution in [0.3, 0.4) is 0 Å². The second-order valence-electron chi connectivity index (χ2n) is 6.60. The maximum Gasteiger partial charge on any atom is 0.462 e. The third kappa shape index (κ3) is 2.07. The van der Waals surface area contributed by atoms with E-state index in [4.69, 9.17) is 13.7 Å². The van der Waals surface area contributed by atoms with Crippen LogP contribution < -0.4 is 0 Å². The van der Waals surface area contributed by atoms with Gasteiger partial charge in [-0.05, 0) is 45.7 Å². The fourth-order valence-corrected chi connectivity index (χ4v) is 2.64. The molecule has 1 aliphatic heterocycles. The predicted molar refractivity (Wildman–Crippen MR) is 80.7 cm³/mol. The molecular weight excluding hydrogens is 251 g/mol. The van der Waals surface area contributed by atoms with Crippen molar-refractivity contribution in [3.63, 3.8) is 0 Å². The van der Waals surface area contributed by atoms with E-state index in [1.54, 1.807) is 0 Å². The van der Waals surface area contributed by atoms with Crippen molar-refractivity contribution in [3.05, 3.63) is 35.6 Å².